The molecule has 0 saturated carbocycles. The highest BCUT2D eigenvalue weighted by molar-refractivity contribution is 5.98. The van der Waals surface area contributed by atoms with E-state index in [-0.39, 0.29) is 11.7 Å². The van der Waals surface area contributed by atoms with Gasteiger partial charge in [-0.2, -0.15) is 0 Å². The van der Waals surface area contributed by atoms with Crippen LogP contribution in [0.1, 0.15) is 53.7 Å². The molecule has 5 nitrogen and oxygen atoms in total. The number of Topliss-reactive ketones (excluding diaryl/α,β-unsaturated/α-hetero) is 1. The molecule has 3 rings (SSSR count). The van der Waals surface area contributed by atoms with E-state index in [1.807, 2.05) is 14.1 Å². The molecular formula is C20H26N4O. The van der Waals surface area contributed by atoms with Crippen molar-refractivity contribution in [2.75, 3.05) is 30.9 Å². The van der Waals surface area contributed by atoms with Gasteiger partial charge in [0.05, 0.1) is 11.3 Å². The van der Waals surface area contributed by atoms with Gasteiger partial charge in [0.25, 0.3) is 0 Å². The molecule has 0 fully saturated rings. The number of anilines is 2. The molecule has 1 aromatic heterocycles. The second-order valence-electron chi connectivity index (χ2n) is 6.85. The van der Waals surface area contributed by atoms with E-state index in [9.17, 15) is 4.79 Å². The summed E-state index contributed by atoms with van der Waals surface area (Å²) in [6.45, 7) is 3.01. The lowest BCUT2D eigenvalue weighted by Crippen LogP contribution is -2.21. The van der Waals surface area contributed by atoms with Gasteiger partial charge in [0, 0.05) is 38.9 Å². The minimum Gasteiger partial charge on any atom is -0.378 e. The van der Waals surface area contributed by atoms with Crippen molar-refractivity contribution in [2.24, 2.45) is 0 Å². The van der Waals surface area contributed by atoms with Crippen LogP contribution >= 0.6 is 0 Å². The highest BCUT2D eigenvalue weighted by Crippen LogP contribution is 2.32. The van der Waals surface area contributed by atoms with Gasteiger partial charge in [0.2, 0.25) is 5.95 Å². The number of aromatic nitrogens is 2. The molecule has 0 radical (unpaired) electrons. The van der Waals surface area contributed by atoms with Gasteiger partial charge in [-0.15, -0.1) is 0 Å². The summed E-state index contributed by atoms with van der Waals surface area (Å²) in [5.74, 6) is 0.959. The Balaban J connectivity index is 1.78. The van der Waals surface area contributed by atoms with Gasteiger partial charge in [0.15, 0.2) is 5.78 Å². The molecular weight excluding hydrogens is 312 g/mol. The zero-order chi connectivity index (χ0) is 17.8. The number of carbonyl (C=O) groups is 1. The number of fused-ring (bicyclic) bond motifs is 1. The predicted octanol–water partition coefficient (Wildman–Crippen LogP) is 3.67. The quantitative estimate of drug-likeness (QED) is 0.815. The summed E-state index contributed by atoms with van der Waals surface area (Å²) in [5, 5.41) is 3.25. The van der Waals surface area contributed by atoms with Crippen molar-refractivity contribution in [2.45, 2.75) is 38.5 Å². The summed E-state index contributed by atoms with van der Waals surface area (Å²) < 4.78 is 0. The Kier molecular flexibility index (Phi) is 5.31. The van der Waals surface area contributed by atoms with Crippen LogP contribution in [0.2, 0.25) is 0 Å². The lowest BCUT2D eigenvalue weighted by atomic mass is 9.82. The summed E-state index contributed by atoms with van der Waals surface area (Å²) in [6, 6.07) is 8.46. The molecule has 0 saturated heterocycles. The number of nitrogens with one attached hydrogen (secondary N) is 1. The molecule has 1 aromatic carbocycles. The fraction of sp³-hybridized carbons (Fsp3) is 0.450. The number of benzene rings is 1. The van der Waals surface area contributed by atoms with Crippen molar-refractivity contribution < 1.29 is 4.79 Å². The minimum absolute atomic E-state index is 0.142. The Morgan fingerprint density at radius 3 is 2.64 bits per heavy atom. The van der Waals surface area contributed by atoms with Gasteiger partial charge in [-0.1, -0.05) is 25.5 Å². The molecule has 0 bridgehead atoms. The monoisotopic (exact) mass is 338 g/mol. The normalized spacial score (nSPS) is 16.4. The molecule has 0 unspecified atom stereocenters. The first kappa shape index (κ1) is 17.4. The lowest BCUT2D eigenvalue weighted by molar-refractivity contribution is 0.0962. The van der Waals surface area contributed by atoms with Crippen LogP contribution in [0.15, 0.2) is 30.5 Å². The molecule has 1 aliphatic rings. The topological polar surface area (TPSA) is 58.1 Å². The van der Waals surface area contributed by atoms with Crippen molar-refractivity contribution >= 4 is 17.4 Å². The molecule has 25 heavy (non-hydrogen) atoms. The molecule has 0 spiro atoms. The number of carbonyl (C=O) groups excluding carboxylic acids is 1. The standard InChI is InChI=1S/C20H26N4O/c1-4-5-10-21-20-22-13-17-18(23-20)11-15(12-19(17)25)14-6-8-16(9-7-14)24(2)3/h6-9,13,15H,4-5,10-12H2,1-3H3,(H,21,22,23)/t15-/m0/s1. The van der Waals surface area contributed by atoms with Crippen LogP contribution in [-0.4, -0.2) is 36.4 Å². The first-order chi connectivity index (χ1) is 12.1. The van der Waals surface area contributed by atoms with E-state index in [0.29, 0.717) is 17.9 Å². The van der Waals surface area contributed by atoms with Gasteiger partial charge in [-0.3, -0.25) is 4.79 Å². The third-order valence-corrected chi connectivity index (χ3v) is 4.73. The largest absolute Gasteiger partial charge is 0.378 e. The summed E-state index contributed by atoms with van der Waals surface area (Å²) in [5.41, 5.74) is 3.91. The third kappa shape index (κ3) is 3.98. The Bertz CT molecular complexity index is 740. The minimum atomic E-state index is 0.142. The van der Waals surface area contributed by atoms with Gasteiger partial charge in [-0.05, 0) is 36.5 Å². The SMILES string of the molecule is CCCCNc1ncc2c(n1)C[C@H](c1ccc(N(C)C)cc1)CC2=O. The van der Waals surface area contributed by atoms with Crippen LogP contribution in [0.5, 0.6) is 0 Å². The maximum atomic E-state index is 12.5. The Morgan fingerprint density at radius 1 is 1.20 bits per heavy atom. The second-order valence-corrected chi connectivity index (χ2v) is 6.85. The van der Waals surface area contributed by atoms with Crippen LogP contribution in [0.3, 0.4) is 0 Å². The number of nitrogens with zero attached hydrogens (tertiary/aromatic N) is 3. The number of unbranched alkanes of at least 4 members (excludes halogenated alkanes) is 1. The Labute approximate surface area is 149 Å². The summed E-state index contributed by atoms with van der Waals surface area (Å²) in [4.78, 5) is 23.5. The first-order valence-electron chi connectivity index (χ1n) is 8.98. The first-order valence-corrected chi connectivity index (χ1v) is 8.98. The molecule has 1 N–H and O–H groups in total. The number of ketones is 1. The number of rotatable bonds is 6. The highest BCUT2D eigenvalue weighted by Gasteiger charge is 2.28. The van der Waals surface area contributed by atoms with E-state index in [4.69, 9.17) is 0 Å². The average molecular weight is 338 g/mol. The summed E-state index contributed by atoms with van der Waals surface area (Å²) in [6.07, 6.45) is 5.21. The van der Waals surface area contributed by atoms with Crippen LogP contribution in [0, 0.1) is 0 Å². The molecule has 1 heterocycles. The molecule has 0 aliphatic heterocycles. The van der Waals surface area contributed by atoms with Gasteiger partial charge in [-0.25, -0.2) is 9.97 Å². The smallest absolute Gasteiger partial charge is 0.222 e. The summed E-state index contributed by atoms with van der Waals surface area (Å²) in [7, 11) is 4.05. The van der Waals surface area contributed by atoms with Gasteiger partial charge >= 0.3 is 0 Å². The van der Waals surface area contributed by atoms with Crippen LogP contribution in [-0.2, 0) is 6.42 Å². The number of hydrogen-bond acceptors (Lipinski definition) is 5. The van der Waals surface area contributed by atoms with Crippen molar-refractivity contribution in [1.29, 1.82) is 0 Å². The highest BCUT2D eigenvalue weighted by atomic mass is 16.1. The van der Waals surface area contributed by atoms with Crippen molar-refractivity contribution in [3.8, 4) is 0 Å². The second kappa shape index (κ2) is 7.64. The van der Waals surface area contributed by atoms with Crippen molar-refractivity contribution in [3.63, 3.8) is 0 Å². The zero-order valence-electron chi connectivity index (χ0n) is 15.2. The summed E-state index contributed by atoms with van der Waals surface area (Å²) >= 11 is 0. The van der Waals surface area contributed by atoms with E-state index in [1.165, 1.54) is 5.56 Å². The molecule has 132 valence electrons. The molecule has 0 amide bonds. The molecule has 1 aliphatic carbocycles. The fourth-order valence-corrected chi connectivity index (χ4v) is 3.19. The average Bonchev–Trinajstić information content (AvgIpc) is 2.61. The number of hydrogen-bond donors (Lipinski definition) is 1. The van der Waals surface area contributed by atoms with Crippen LogP contribution in [0.4, 0.5) is 11.6 Å². The lowest BCUT2D eigenvalue weighted by Gasteiger charge is -2.24. The molecule has 5 heteroatoms. The predicted molar refractivity (Wildman–Crippen MR) is 102 cm³/mol. The van der Waals surface area contributed by atoms with Crippen LogP contribution in [0.25, 0.3) is 0 Å². The van der Waals surface area contributed by atoms with Gasteiger partial charge < -0.3 is 10.2 Å². The van der Waals surface area contributed by atoms with E-state index >= 15 is 0 Å². The maximum Gasteiger partial charge on any atom is 0.222 e. The van der Waals surface area contributed by atoms with E-state index < -0.39 is 0 Å². The van der Waals surface area contributed by atoms with Crippen molar-refractivity contribution in [1.82, 2.24) is 9.97 Å². The molecule has 2 aromatic rings. The Hall–Kier alpha value is -2.43. The van der Waals surface area contributed by atoms with Crippen LogP contribution < -0.4 is 10.2 Å². The van der Waals surface area contributed by atoms with E-state index in [2.05, 4.69) is 51.4 Å². The van der Waals surface area contributed by atoms with E-state index in [0.717, 1.165) is 37.2 Å². The van der Waals surface area contributed by atoms with Crippen molar-refractivity contribution in [3.05, 3.63) is 47.3 Å². The Morgan fingerprint density at radius 2 is 1.96 bits per heavy atom. The fourth-order valence-electron chi connectivity index (χ4n) is 3.19. The zero-order valence-corrected chi connectivity index (χ0v) is 15.2. The maximum absolute atomic E-state index is 12.5. The van der Waals surface area contributed by atoms with E-state index in [1.54, 1.807) is 6.20 Å². The van der Waals surface area contributed by atoms with Gasteiger partial charge in [0.1, 0.15) is 0 Å². The molecule has 1 atom stereocenters. The third-order valence-electron chi connectivity index (χ3n) is 4.73.